The molecular weight excluding hydrogens is 404 g/mol. The number of rotatable bonds is 10. The van der Waals surface area contributed by atoms with Gasteiger partial charge in [0, 0.05) is 30.9 Å². The summed E-state index contributed by atoms with van der Waals surface area (Å²) in [5.41, 5.74) is 8.61. The Morgan fingerprint density at radius 2 is 2.00 bits per heavy atom. The second-order valence-electron chi connectivity index (χ2n) is 8.48. The van der Waals surface area contributed by atoms with Crippen LogP contribution in [0.4, 0.5) is 0 Å². The first-order valence-corrected chi connectivity index (χ1v) is 10.8. The van der Waals surface area contributed by atoms with E-state index in [1.54, 1.807) is 24.5 Å². The quantitative estimate of drug-likeness (QED) is 0.328. The van der Waals surface area contributed by atoms with Gasteiger partial charge in [0.25, 0.3) is 5.91 Å². The summed E-state index contributed by atoms with van der Waals surface area (Å²) in [6.45, 7) is 4.42. The Kier molecular flexibility index (Phi) is 7.57. The lowest BCUT2D eigenvalue weighted by molar-refractivity contribution is -0.133. The van der Waals surface area contributed by atoms with Crippen LogP contribution in [0.5, 0.6) is 0 Å². The number of nitrogens with two attached hydrogens (primary N) is 1. The van der Waals surface area contributed by atoms with E-state index in [2.05, 4.69) is 20.9 Å². The minimum Gasteiger partial charge on any atom is -0.341 e. The maximum absolute atomic E-state index is 13.4. The van der Waals surface area contributed by atoms with Gasteiger partial charge in [0.15, 0.2) is 5.66 Å². The number of pyridine rings is 1. The van der Waals surface area contributed by atoms with Crippen molar-refractivity contribution >= 4 is 11.8 Å². The van der Waals surface area contributed by atoms with Crippen LogP contribution in [-0.2, 0) is 21.7 Å². The number of carbonyl (C=O) groups is 2. The van der Waals surface area contributed by atoms with Crippen molar-refractivity contribution in [1.29, 1.82) is 5.26 Å². The van der Waals surface area contributed by atoms with Gasteiger partial charge in [-0.2, -0.15) is 5.26 Å². The van der Waals surface area contributed by atoms with Gasteiger partial charge in [-0.25, -0.2) is 0 Å². The summed E-state index contributed by atoms with van der Waals surface area (Å²) in [5.74, 6) is -0.463. The van der Waals surface area contributed by atoms with Crippen molar-refractivity contribution in [1.82, 2.24) is 20.9 Å². The van der Waals surface area contributed by atoms with Gasteiger partial charge in [-0.15, -0.1) is 0 Å². The Bertz CT molecular complexity index is 979. The van der Waals surface area contributed by atoms with Crippen LogP contribution in [0.15, 0.2) is 42.7 Å². The standard InChI is InChI=1S/C24H30N6O2/c1-16-10-17(2)12-19(11-16)13-21(22(31)28-9-7-25)30-23(32)24(26,29-14-18-5-6-18)20-4-3-8-27-15-20/h3-4,8,10-12,15,18,21,29H,5-6,9,13-14,26H2,1-2H3,(H,28,31)(H,30,32)/t21-,24?/m0/s1. The third-order valence-corrected chi connectivity index (χ3v) is 5.53. The largest absolute Gasteiger partial charge is 0.341 e. The van der Waals surface area contributed by atoms with Crippen molar-refractivity contribution in [3.63, 3.8) is 0 Å². The molecule has 1 aliphatic rings. The van der Waals surface area contributed by atoms with Crippen molar-refractivity contribution in [3.05, 3.63) is 65.0 Å². The average Bonchev–Trinajstić information content (AvgIpc) is 3.59. The minimum atomic E-state index is -1.53. The van der Waals surface area contributed by atoms with E-state index in [0.717, 1.165) is 29.5 Å². The first-order chi connectivity index (χ1) is 15.3. The highest BCUT2D eigenvalue weighted by molar-refractivity contribution is 5.92. The molecule has 2 amide bonds. The number of hydrogen-bond acceptors (Lipinski definition) is 6. The molecule has 1 aliphatic carbocycles. The number of carbonyl (C=O) groups excluding carboxylic acids is 2. The molecule has 0 bridgehead atoms. The Balaban J connectivity index is 1.84. The van der Waals surface area contributed by atoms with Crippen LogP contribution in [0.1, 0.15) is 35.1 Å². The molecule has 2 atom stereocenters. The molecule has 1 aromatic heterocycles. The number of amides is 2. The van der Waals surface area contributed by atoms with Crippen molar-refractivity contribution in [2.75, 3.05) is 13.1 Å². The number of nitriles is 1. The van der Waals surface area contributed by atoms with Crippen LogP contribution in [0.25, 0.3) is 0 Å². The minimum absolute atomic E-state index is 0.144. The molecule has 3 rings (SSSR count). The third kappa shape index (κ3) is 6.13. The Hall–Kier alpha value is -3.28. The lowest BCUT2D eigenvalue weighted by atomic mass is 9.97. The highest BCUT2D eigenvalue weighted by Gasteiger charge is 2.39. The normalized spacial score (nSPS) is 15.8. The van der Waals surface area contributed by atoms with E-state index in [9.17, 15) is 9.59 Å². The van der Waals surface area contributed by atoms with Crippen molar-refractivity contribution in [2.45, 2.75) is 44.8 Å². The van der Waals surface area contributed by atoms with Gasteiger partial charge in [0.2, 0.25) is 5.91 Å². The van der Waals surface area contributed by atoms with Gasteiger partial charge in [0.05, 0.1) is 6.07 Å². The zero-order valence-corrected chi connectivity index (χ0v) is 18.5. The summed E-state index contributed by atoms with van der Waals surface area (Å²) in [4.78, 5) is 30.3. The van der Waals surface area contributed by atoms with Gasteiger partial charge in [0.1, 0.15) is 12.6 Å². The third-order valence-electron chi connectivity index (χ3n) is 5.53. The van der Waals surface area contributed by atoms with Gasteiger partial charge >= 0.3 is 0 Å². The van der Waals surface area contributed by atoms with E-state index >= 15 is 0 Å². The molecule has 0 saturated heterocycles. The Labute approximate surface area is 188 Å². The molecule has 32 heavy (non-hydrogen) atoms. The molecule has 0 spiro atoms. The summed E-state index contributed by atoms with van der Waals surface area (Å²) >= 11 is 0. The summed E-state index contributed by atoms with van der Waals surface area (Å²) in [7, 11) is 0. The number of hydrogen-bond donors (Lipinski definition) is 4. The van der Waals surface area contributed by atoms with Crippen LogP contribution < -0.4 is 21.7 Å². The lowest BCUT2D eigenvalue weighted by Gasteiger charge is -2.31. The predicted octanol–water partition coefficient (Wildman–Crippen LogP) is 1.18. The second kappa shape index (κ2) is 10.4. The fourth-order valence-electron chi connectivity index (χ4n) is 3.69. The number of benzene rings is 1. The van der Waals surface area contributed by atoms with Crippen molar-refractivity contribution in [3.8, 4) is 6.07 Å². The van der Waals surface area contributed by atoms with E-state index in [1.165, 1.54) is 0 Å². The maximum Gasteiger partial charge on any atom is 0.260 e. The monoisotopic (exact) mass is 434 g/mol. The highest BCUT2D eigenvalue weighted by Crippen LogP contribution is 2.29. The summed E-state index contributed by atoms with van der Waals surface area (Å²) in [6.07, 6.45) is 5.64. The van der Waals surface area contributed by atoms with E-state index in [1.807, 2.05) is 38.1 Å². The highest BCUT2D eigenvalue weighted by atomic mass is 16.2. The molecule has 1 unspecified atom stereocenters. The Morgan fingerprint density at radius 3 is 2.59 bits per heavy atom. The van der Waals surface area contributed by atoms with E-state index < -0.39 is 23.5 Å². The fraction of sp³-hybridized carbons (Fsp3) is 0.417. The van der Waals surface area contributed by atoms with Crippen LogP contribution in [0.2, 0.25) is 0 Å². The number of nitrogens with one attached hydrogen (secondary N) is 3. The maximum atomic E-state index is 13.4. The number of aromatic nitrogens is 1. The molecule has 8 nitrogen and oxygen atoms in total. The predicted molar refractivity (Wildman–Crippen MR) is 121 cm³/mol. The molecule has 8 heteroatoms. The van der Waals surface area contributed by atoms with Crippen LogP contribution in [-0.4, -0.2) is 35.9 Å². The smallest absolute Gasteiger partial charge is 0.260 e. The molecule has 1 aromatic carbocycles. The number of aryl methyl sites for hydroxylation is 2. The molecule has 168 valence electrons. The van der Waals surface area contributed by atoms with Crippen molar-refractivity contribution < 1.29 is 9.59 Å². The molecule has 2 aromatic rings. The first kappa shape index (κ1) is 23.4. The van der Waals surface area contributed by atoms with Crippen LogP contribution >= 0.6 is 0 Å². The van der Waals surface area contributed by atoms with E-state index in [-0.39, 0.29) is 13.0 Å². The zero-order valence-electron chi connectivity index (χ0n) is 18.5. The topological polar surface area (TPSA) is 133 Å². The van der Waals surface area contributed by atoms with Crippen LogP contribution in [0, 0.1) is 31.1 Å². The SMILES string of the molecule is Cc1cc(C)cc(C[C@H](NC(=O)C(N)(NCC2CC2)c2cccnc2)C(=O)NCC#N)c1. The second-order valence-corrected chi connectivity index (χ2v) is 8.48. The van der Waals surface area contributed by atoms with Crippen molar-refractivity contribution in [2.24, 2.45) is 11.7 Å². The zero-order chi connectivity index (χ0) is 23.1. The van der Waals surface area contributed by atoms with Gasteiger partial charge in [-0.3, -0.25) is 19.9 Å². The fourth-order valence-corrected chi connectivity index (χ4v) is 3.69. The lowest BCUT2D eigenvalue weighted by Crippen LogP contribution is -2.64. The summed E-state index contributed by atoms with van der Waals surface area (Å²) < 4.78 is 0. The molecule has 1 fully saturated rings. The van der Waals surface area contributed by atoms with Gasteiger partial charge < -0.3 is 16.4 Å². The van der Waals surface area contributed by atoms with E-state index in [4.69, 9.17) is 11.0 Å². The molecule has 1 saturated carbocycles. The molecule has 1 heterocycles. The molecule has 0 aliphatic heterocycles. The van der Waals surface area contributed by atoms with Gasteiger partial charge in [-0.05, 0) is 44.2 Å². The summed E-state index contributed by atoms with van der Waals surface area (Å²) in [6, 6.07) is 10.5. The molecule has 0 radical (unpaired) electrons. The molecule has 5 N–H and O–H groups in total. The average molecular weight is 435 g/mol. The Morgan fingerprint density at radius 1 is 1.28 bits per heavy atom. The number of nitrogens with zero attached hydrogens (tertiary/aromatic N) is 2. The van der Waals surface area contributed by atoms with Crippen LogP contribution in [0.3, 0.4) is 0 Å². The first-order valence-electron chi connectivity index (χ1n) is 10.8. The van der Waals surface area contributed by atoms with E-state index in [0.29, 0.717) is 18.0 Å². The van der Waals surface area contributed by atoms with Gasteiger partial charge in [-0.1, -0.05) is 35.4 Å². The molecular formula is C24H30N6O2. The summed E-state index contributed by atoms with van der Waals surface area (Å²) in [5, 5.41) is 17.4.